The third-order valence-corrected chi connectivity index (χ3v) is 5.45. The van der Waals surface area contributed by atoms with E-state index in [9.17, 15) is 9.18 Å². The summed E-state index contributed by atoms with van der Waals surface area (Å²) in [5.41, 5.74) is 1.48. The normalized spacial score (nSPS) is 11.9. The third kappa shape index (κ3) is 8.21. The van der Waals surface area contributed by atoms with Crippen LogP contribution in [0, 0.1) is 5.82 Å². The molecular weight excluding hydrogens is 393 g/mol. The summed E-state index contributed by atoms with van der Waals surface area (Å²) in [6, 6.07) is 13.6. The summed E-state index contributed by atoms with van der Waals surface area (Å²) >= 11 is 0. The molecule has 0 aliphatic carbocycles. The summed E-state index contributed by atoms with van der Waals surface area (Å²) < 4.78 is 19.1. The smallest absolute Gasteiger partial charge is 0.322 e. The van der Waals surface area contributed by atoms with Crippen LogP contribution in [0.5, 0.6) is 5.75 Å². The monoisotopic (exact) mass is 429 g/mol. The quantitative estimate of drug-likeness (QED) is 0.466. The number of nitrogens with zero attached hydrogens (tertiary/aromatic N) is 2. The lowest BCUT2D eigenvalue weighted by molar-refractivity contribution is 0.181. The first-order chi connectivity index (χ1) is 15.0. The van der Waals surface area contributed by atoms with Crippen LogP contribution >= 0.6 is 0 Å². The van der Waals surface area contributed by atoms with E-state index < -0.39 is 0 Å². The van der Waals surface area contributed by atoms with Gasteiger partial charge in [0.05, 0.1) is 6.61 Å². The van der Waals surface area contributed by atoms with Gasteiger partial charge in [0.15, 0.2) is 0 Å². The van der Waals surface area contributed by atoms with Gasteiger partial charge in [-0.2, -0.15) is 0 Å². The van der Waals surface area contributed by atoms with Crippen molar-refractivity contribution in [2.75, 3.05) is 31.6 Å². The van der Waals surface area contributed by atoms with Crippen molar-refractivity contribution in [1.29, 1.82) is 0 Å². The van der Waals surface area contributed by atoms with E-state index in [2.05, 4.69) is 31.0 Å². The van der Waals surface area contributed by atoms with Crippen molar-refractivity contribution in [1.82, 2.24) is 9.80 Å². The molecule has 1 N–H and O–H groups in total. The molecule has 0 spiro atoms. The van der Waals surface area contributed by atoms with Gasteiger partial charge in [-0.1, -0.05) is 32.0 Å². The molecule has 0 radical (unpaired) electrons. The fraction of sp³-hybridized carbons (Fsp3) is 0.480. The minimum absolute atomic E-state index is 0.0377. The van der Waals surface area contributed by atoms with Crippen LogP contribution in [0.3, 0.4) is 0 Å². The van der Waals surface area contributed by atoms with E-state index in [4.69, 9.17) is 4.74 Å². The maximum atomic E-state index is 13.6. The highest BCUT2D eigenvalue weighted by Gasteiger charge is 2.21. The van der Waals surface area contributed by atoms with Crippen LogP contribution in [0.2, 0.25) is 0 Å². The number of ether oxygens (including phenoxy) is 1. The second-order valence-corrected chi connectivity index (χ2v) is 7.66. The Morgan fingerprint density at radius 3 is 2.42 bits per heavy atom. The van der Waals surface area contributed by atoms with E-state index in [0.29, 0.717) is 18.8 Å². The van der Waals surface area contributed by atoms with E-state index in [1.54, 1.807) is 12.1 Å². The Morgan fingerprint density at radius 2 is 1.81 bits per heavy atom. The van der Waals surface area contributed by atoms with Crippen LogP contribution in [0.1, 0.15) is 46.1 Å². The van der Waals surface area contributed by atoms with Crippen molar-refractivity contribution < 1.29 is 13.9 Å². The molecule has 0 bridgehead atoms. The predicted octanol–water partition coefficient (Wildman–Crippen LogP) is 5.77. The molecule has 0 heterocycles. The lowest BCUT2D eigenvalue weighted by Crippen LogP contribution is -2.41. The number of carbonyl (C=O) groups excluding carboxylic acids is 1. The van der Waals surface area contributed by atoms with Crippen LogP contribution < -0.4 is 10.1 Å². The van der Waals surface area contributed by atoms with E-state index in [1.807, 2.05) is 36.1 Å². The van der Waals surface area contributed by atoms with Crippen LogP contribution in [-0.2, 0) is 6.54 Å². The Kier molecular flexibility index (Phi) is 10.3. The molecule has 1 atom stereocenters. The molecule has 170 valence electrons. The third-order valence-electron chi connectivity index (χ3n) is 5.45. The molecule has 2 aromatic rings. The van der Waals surface area contributed by atoms with E-state index in [1.165, 1.54) is 12.1 Å². The number of amides is 2. The second-order valence-electron chi connectivity index (χ2n) is 7.66. The Morgan fingerprint density at radius 1 is 1.10 bits per heavy atom. The van der Waals surface area contributed by atoms with Gasteiger partial charge >= 0.3 is 6.03 Å². The zero-order chi connectivity index (χ0) is 22.6. The number of carbonyl (C=O) groups is 1. The van der Waals surface area contributed by atoms with Crippen LogP contribution in [0.25, 0.3) is 0 Å². The number of nitrogens with one attached hydrogen (secondary N) is 1. The van der Waals surface area contributed by atoms with Crippen molar-refractivity contribution in [3.8, 4) is 5.75 Å². The second kappa shape index (κ2) is 13.0. The first-order valence-electron chi connectivity index (χ1n) is 11.2. The molecule has 0 aliphatic heterocycles. The van der Waals surface area contributed by atoms with E-state index >= 15 is 0 Å². The fourth-order valence-electron chi connectivity index (χ4n) is 3.55. The van der Waals surface area contributed by atoms with Crippen LogP contribution in [-0.4, -0.2) is 48.1 Å². The molecule has 1 unspecified atom stereocenters. The van der Waals surface area contributed by atoms with Gasteiger partial charge in [-0.15, -0.1) is 0 Å². The molecule has 31 heavy (non-hydrogen) atoms. The van der Waals surface area contributed by atoms with Gasteiger partial charge in [0.1, 0.15) is 11.6 Å². The standard InChI is InChI=1S/C25H36FN3O2/c1-5-28(6-2)17-9-10-20(4)29(19-21-13-15-24(16-14-21)31-7-3)25(30)27-23-12-8-11-22(26)18-23/h8,11-16,18,20H,5-7,9-10,17,19H2,1-4H3,(H,27,30). The number of urea groups is 1. The Balaban J connectivity index is 2.10. The van der Waals surface area contributed by atoms with Gasteiger partial charge < -0.3 is 19.9 Å². The van der Waals surface area contributed by atoms with Gasteiger partial charge in [0, 0.05) is 18.3 Å². The van der Waals surface area contributed by atoms with Crippen LogP contribution in [0.15, 0.2) is 48.5 Å². The molecular formula is C25H36FN3O2. The molecule has 0 aromatic heterocycles. The maximum absolute atomic E-state index is 13.6. The first-order valence-corrected chi connectivity index (χ1v) is 11.2. The van der Waals surface area contributed by atoms with Gasteiger partial charge in [-0.3, -0.25) is 0 Å². The number of hydrogen-bond donors (Lipinski definition) is 1. The van der Waals surface area contributed by atoms with Crippen LogP contribution in [0.4, 0.5) is 14.9 Å². The van der Waals surface area contributed by atoms with E-state index in [0.717, 1.165) is 43.8 Å². The lowest BCUT2D eigenvalue weighted by atomic mass is 10.1. The molecule has 0 saturated heterocycles. The largest absolute Gasteiger partial charge is 0.494 e. The Hall–Kier alpha value is -2.60. The molecule has 2 amide bonds. The lowest BCUT2D eigenvalue weighted by Gasteiger charge is -2.30. The number of benzene rings is 2. The summed E-state index contributed by atoms with van der Waals surface area (Å²) in [5, 5.41) is 2.85. The molecule has 0 saturated carbocycles. The molecule has 2 aromatic carbocycles. The highest BCUT2D eigenvalue weighted by molar-refractivity contribution is 5.89. The highest BCUT2D eigenvalue weighted by Crippen LogP contribution is 2.19. The number of anilines is 1. The minimum Gasteiger partial charge on any atom is -0.494 e. The minimum atomic E-state index is -0.372. The molecule has 0 fully saturated rings. The summed E-state index contributed by atoms with van der Waals surface area (Å²) in [4.78, 5) is 17.3. The topological polar surface area (TPSA) is 44.8 Å². The maximum Gasteiger partial charge on any atom is 0.322 e. The summed E-state index contributed by atoms with van der Waals surface area (Å²) in [6.45, 7) is 12.5. The zero-order valence-corrected chi connectivity index (χ0v) is 19.2. The van der Waals surface area contributed by atoms with Crippen molar-refractivity contribution in [3.63, 3.8) is 0 Å². The van der Waals surface area contributed by atoms with Gasteiger partial charge in [-0.25, -0.2) is 9.18 Å². The van der Waals surface area contributed by atoms with Crippen molar-refractivity contribution in [2.45, 2.75) is 53.1 Å². The van der Waals surface area contributed by atoms with E-state index in [-0.39, 0.29) is 17.9 Å². The predicted molar refractivity (Wildman–Crippen MR) is 125 cm³/mol. The summed E-state index contributed by atoms with van der Waals surface area (Å²) in [7, 11) is 0. The summed E-state index contributed by atoms with van der Waals surface area (Å²) in [5.74, 6) is 0.442. The van der Waals surface area contributed by atoms with Crippen molar-refractivity contribution >= 4 is 11.7 Å². The number of hydrogen-bond acceptors (Lipinski definition) is 3. The Bertz CT molecular complexity index is 794. The van der Waals surface area contributed by atoms with Crippen molar-refractivity contribution in [3.05, 3.63) is 59.9 Å². The molecule has 5 nitrogen and oxygen atoms in total. The Labute approximate surface area is 186 Å². The molecule has 2 rings (SSSR count). The molecule has 6 heteroatoms. The highest BCUT2D eigenvalue weighted by atomic mass is 19.1. The van der Waals surface area contributed by atoms with Gasteiger partial charge in [0.25, 0.3) is 0 Å². The SMILES string of the molecule is CCOc1ccc(CN(C(=O)Nc2cccc(F)c2)C(C)CCCN(CC)CC)cc1. The number of halogens is 1. The fourth-order valence-corrected chi connectivity index (χ4v) is 3.55. The average molecular weight is 430 g/mol. The van der Waals surface area contributed by atoms with Gasteiger partial charge in [-0.05, 0) is 82.2 Å². The average Bonchev–Trinajstić information content (AvgIpc) is 2.76. The first kappa shape index (κ1) is 24.7. The summed E-state index contributed by atoms with van der Waals surface area (Å²) in [6.07, 6.45) is 1.90. The van der Waals surface area contributed by atoms with Gasteiger partial charge in [0.2, 0.25) is 0 Å². The van der Waals surface area contributed by atoms with Crippen molar-refractivity contribution in [2.24, 2.45) is 0 Å². The molecule has 0 aliphatic rings. The number of rotatable bonds is 12. The zero-order valence-electron chi connectivity index (χ0n) is 19.2.